The van der Waals surface area contributed by atoms with Crippen LogP contribution in [0.25, 0.3) is 0 Å². The van der Waals surface area contributed by atoms with Crippen molar-refractivity contribution >= 4 is 27.8 Å². The molecule has 1 aliphatic rings. The Morgan fingerprint density at radius 2 is 1.91 bits per heavy atom. The first-order chi connectivity index (χ1) is 15.3. The number of hydrogen-bond donors (Lipinski definition) is 1. The minimum Gasteiger partial charge on any atom is -0.431 e. The van der Waals surface area contributed by atoms with Gasteiger partial charge < -0.3 is 10.1 Å². The Hall–Kier alpha value is -3.72. The molecule has 0 aromatic heterocycles. The van der Waals surface area contributed by atoms with Gasteiger partial charge in [-0.2, -0.15) is 0 Å². The normalized spacial score (nSPS) is 17.0. The number of nitrogens with zero attached hydrogens (tertiary/aromatic N) is 1. The van der Waals surface area contributed by atoms with Crippen LogP contribution in [-0.4, -0.2) is 43.6 Å². The van der Waals surface area contributed by atoms with Crippen LogP contribution in [-0.2, 0) is 30.8 Å². The van der Waals surface area contributed by atoms with Gasteiger partial charge in [0, 0.05) is 6.54 Å². The number of sulfonamides is 1. The molecule has 2 aromatic carbocycles. The molecule has 1 N–H and O–H groups in total. The first-order valence-corrected chi connectivity index (χ1v) is 11.2. The van der Waals surface area contributed by atoms with E-state index < -0.39 is 40.3 Å². The van der Waals surface area contributed by atoms with E-state index in [1.165, 1.54) is 30.4 Å². The predicted molar refractivity (Wildman–Crippen MR) is 117 cm³/mol. The lowest BCUT2D eigenvalue weighted by molar-refractivity contribution is -0.131. The maximum Gasteiger partial charge on any atom is 0.342 e. The number of allylic oxidation sites excluding steroid dienone is 2. The number of amides is 2. The molecule has 1 atom stereocenters. The second-order valence-electron chi connectivity index (χ2n) is 7.04. The van der Waals surface area contributed by atoms with E-state index in [1.807, 2.05) is 30.3 Å². The lowest BCUT2D eigenvalue weighted by atomic mass is 9.99. The Bertz CT molecular complexity index is 1160. The minimum atomic E-state index is -4.39. The van der Waals surface area contributed by atoms with E-state index in [0.29, 0.717) is 4.31 Å². The number of ether oxygens (including phenoxy) is 1. The van der Waals surface area contributed by atoms with Gasteiger partial charge in [-0.1, -0.05) is 49.1 Å². The molecule has 9 heteroatoms. The van der Waals surface area contributed by atoms with E-state index in [9.17, 15) is 22.8 Å². The SMILES string of the molecule is C=C/C=C/OC(=O)c1cccc(S(=O)(=O)N2CC(=O)NCC(Cc3ccccc3)C2=O)c1. The number of hydrogen-bond acceptors (Lipinski definition) is 6. The summed E-state index contributed by atoms with van der Waals surface area (Å²) in [7, 11) is -4.39. The van der Waals surface area contributed by atoms with Crippen molar-refractivity contribution in [3.63, 3.8) is 0 Å². The molecule has 1 saturated heterocycles. The van der Waals surface area contributed by atoms with Gasteiger partial charge in [0.2, 0.25) is 11.8 Å². The van der Waals surface area contributed by atoms with Crippen molar-refractivity contribution in [3.05, 3.63) is 90.7 Å². The highest BCUT2D eigenvalue weighted by Gasteiger charge is 2.38. The Balaban J connectivity index is 1.90. The maximum absolute atomic E-state index is 13.3. The summed E-state index contributed by atoms with van der Waals surface area (Å²) in [6.07, 6.45) is 4.21. The van der Waals surface area contributed by atoms with Crippen molar-refractivity contribution < 1.29 is 27.5 Å². The van der Waals surface area contributed by atoms with Gasteiger partial charge in [0.05, 0.1) is 22.6 Å². The molecule has 2 amide bonds. The van der Waals surface area contributed by atoms with Gasteiger partial charge in [0.1, 0.15) is 6.54 Å². The molecule has 1 unspecified atom stereocenters. The van der Waals surface area contributed by atoms with Crippen LogP contribution in [0.15, 0.2) is 84.5 Å². The minimum absolute atomic E-state index is 0.0210. The van der Waals surface area contributed by atoms with E-state index >= 15 is 0 Å². The molecule has 8 nitrogen and oxygen atoms in total. The van der Waals surface area contributed by atoms with E-state index in [-0.39, 0.29) is 23.4 Å². The largest absolute Gasteiger partial charge is 0.431 e. The lowest BCUT2D eigenvalue weighted by Crippen LogP contribution is -2.42. The molecule has 0 aliphatic carbocycles. The Labute approximate surface area is 186 Å². The van der Waals surface area contributed by atoms with Crippen molar-refractivity contribution in [3.8, 4) is 0 Å². The summed E-state index contributed by atoms with van der Waals surface area (Å²) in [5.41, 5.74) is 0.823. The molecule has 3 rings (SSSR count). The number of nitrogens with one attached hydrogen (secondary N) is 1. The Kier molecular flexibility index (Phi) is 7.21. The molecular formula is C23H22N2O6S. The number of carbonyl (C=O) groups is 3. The summed E-state index contributed by atoms with van der Waals surface area (Å²) >= 11 is 0. The van der Waals surface area contributed by atoms with Crippen LogP contribution in [0.3, 0.4) is 0 Å². The zero-order valence-corrected chi connectivity index (χ0v) is 18.0. The van der Waals surface area contributed by atoms with Crippen LogP contribution in [0.2, 0.25) is 0 Å². The molecule has 1 aliphatic heterocycles. The van der Waals surface area contributed by atoms with Crippen LogP contribution in [0.1, 0.15) is 15.9 Å². The number of esters is 1. The molecule has 1 heterocycles. The summed E-state index contributed by atoms with van der Waals surface area (Å²) < 4.78 is 32.0. The maximum atomic E-state index is 13.3. The van der Waals surface area contributed by atoms with Gasteiger partial charge in [-0.15, -0.1) is 0 Å². The fourth-order valence-electron chi connectivity index (χ4n) is 3.19. The van der Waals surface area contributed by atoms with Crippen LogP contribution < -0.4 is 5.32 Å². The van der Waals surface area contributed by atoms with Crippen LogP contribution in [0, 0.1) is 5.92 Å². The topological polar surface area (TPSA) is 110 Å². The monoisotopic (exact) mass is 454 g/mol. The smallest absolute Gasteiger partial charge is 0.342 e. The van der Waals surface area contributed by atoms with Crippen LogP contribution >= 0.6 is 0 Å². The molecular weight excluding hydrogens is 432 g/mol. The zero-order chi connectivity index (χ0) is 23.1. The number of rotatable bonds is 7. The van der Waals surface area contributed by atoms with E-state index in [1.54, 1.807) is 0 Å². The standard InChI is InChI=1S/C23H22N2O6S/c1-2-3-12-31-23(28)18-10-7-11-20(14-18)32(29,30)25-16-21(26)24-15-19(22(25)27)13-17-8-5-4-6-9-17/h2-12,14,19H,1,13,15-16H2,(H,24,26)/b12-3+. The van der Waals surface area contributed by atoms with Crippen molar-refractivity contribution in [2.45, 2.75) is 11.3 Å². The van der Waals surface area contributed by atoms with Gasteiger partial charge in [-0.25, -0.2) is 17.5 Å². The first kappa shape index (κ1) is 23.0. The van der Waals surface area contributed by atoms with E-state index in [4.69, 9.17) is 4.74 Å². The molecule has 0 bridgehead atoms. The van der Waals surface area contributed by atoms with Gasteiger partial charge in [-0.3, -0.25) is 9.59 Å². The van der Waals surface area contributed by atoms with Crippen LogP contribution in [0.5, 0.6) is 0 Å². The highest BCUT2D eigenvalue weighted by molar-refractivity contribution is 7.89. The third kappa shape index (κ3) is 5.30. The van der Waals surface area contributed by atoms with Crippen molar-refractivity contribution in [2.75, 3.05) is 13.1 Å². The Morgan fingerprint density at radius 3 is 2.62 bits per heavy atom. The average molecular weight is 455 g/mol. The fraction of sp³-hybridized carbons (Fsp3) is 0.174. The number of benzene rings is 2. The average Bonchev–Trinajstić information content (AvgIpc) is 2.94. The first-order valence-electron chi connectivity index (χ1n) is 9.78. The fourth-order valence-corrected chi connectivity index (χ4v) is 4.64. The third-order valence-corrected chi connectivity index (χ3v) is 6.54. The van der Waals surface area contributed by atoms with Crippen molar-refractivity contribution in [1.82, 2.24) is 9.62 Å². The molecule has 1 fully saturated rings. The highest BCUT2D eigenvalue weighted by Crippen LogP contribution is 2.22. The zero-order valence-electron chi connectivity index (χ0n) is 17.1. The lowest BCUT2D eigenvalue weighted by Gasteiger charge is -2.23. The van der Waals surface area contributed by atoms with Crippen molar-refractivity contribution in [1.29, 1.82) is 0 Å². The summed E-state index contributed by atoms with van der Waals surface area (Å²) in [5.74, 6) is -2.80. The van der Waals surface area contributed by atoms with Crippen LogP contribution in [0.4, 0.5) is 0 Å². The summed E-state index contributed by atoms with van der Waals surface area (Å²) in [6, 6.07) is 14.3. The third-order valence-electron chi connectivity index (χ3n) is 4.80. The summed E-state index contributed by atoms with van der Waals surface area (Å²) in [5, 5.41) is 2.60. The van der Waals surface area contributed by atoms with Gasteiger partial charge in [0.15, 0.2) is 0 Å². The molecule has 0 saturated carbocycles. The van der Waals surface area contributed by atoms with Gasteiger partial charge >= 0.3 is 5.97 Å². The summed E-state index contributed by atoms with van der Waals surface area (Å²) in [4.78, 5) is 37.2. The predicted octanol–water partition coefficient (Wildman–Crippen LogP) is 2.05. The molecule has 32 heavy (non-hydrogen) atoms. The second-order valence-corrected chi connectivity index (χ2v) is 8.90. The molecule has 0 spiro atoms. The molecule has 0 radical (unpaired) electrons. The van der Waals surface area contributed by atoms with Gasteiger partial charge in [0.25, 0.3) is 10.0 Å². The Morgan fingerprint density at radius 1 is 1.16 bits per heavy atom. The quantitative estimate of drug-likeness (QED) is 0.390. The highest BCUT2D eigenvalue weighted by atomic mass is 32.2. The number of carbonyl (C=O) groups excluding carboxylic acids is 3. The van der Waals surface area contributed by atoms with Crippen molar-refractivity contribution in [2.24, 2.45) is 5.92 Å². The van der Waals surface area contributed by atoms with E-state index in [0.717, 1.165) is 17.9 Å². The van der Waals surface area contributed by atoms with Gasteiger partial charge in [-0.05, 0) is 36.3 Å². The second kappa shape index (κ2) is 10.1. The summed E-state index contributed by atoms with van der Waals surface area (Å²) in [6.45, 7) is 2.85. The van der Waals surface area contributed by atoms with E-state index in [2.05, 4.69) is 11.9 Å². The molecule has 166 valence electrons. The molecule has 2 aromatic rings.